The zero-order valence-corrected chi connectivity index (χ0v) is 18.1. The van der Waals surface area contributed by atoms with Crippen LogP contribution in [-0.4, -0.2) is 35.6 Å². The standard InChI is InChI=1S/C21H19ClN8O2/c1-10-16(11(2)32-29-10)21(31)24-6-15-5-12-3-14(22)4-13(17(12)28-15)7-30-9-27-18-19(23)25-8-26-20(18)30/h3-5,8-9,28H,6-7H2,1-2H3,(H,24,31)(H2,23,25,26). The molecule has 0 aliphatic rings. The zero-order valence-electron chi connectivity index (χ0n) is 17.3. The zero-order chi connectivity index (χ0) is 22.4. The average molecular weight is 451 g/mol. The van der Waals surface area contributed by atoms with Gasteiger partial charge >= 0.3 is 0 Å². The highest BCUT2D eigenvalue weighted by Gasteiger charge is 2.18. The van der Waals surface area contributed by atoms with E-state index in [0.29, 0.717) is 52.1 Å². The topological polar surface area (TPSA) is 141 Å². The summed E-state index contributed by atoms with van der Waals surface area (Å²) in [4.78, 5) is 28.5. The van der Waals surface area contributed by atoms with Crippen LogP contribution in [0.15, 0.2) is 35.4 Å². The minimum absolute atomic E-state index is 0.236. The van der Waals surface area contributed by atoms with Gasteiger partial charge in [-0.1, -0.05) is 16.8 Å². The van der Waals surface area contributed by atoms with Gasteiger partial charge in [-0.25, -0.2) is 15.0 Å². The molecule has 5 rings (SSSR count). The van der Waals surface area contributed by atoms with Gasteiger partial charge in [0.25, 0.3) is 5.91 Å². The molecule has 32 heavy (non-hydrogen) atoms. The summed E-state index contributed by atoms with van der Waals surface area (Å²) < 4.78 is 6.96. The molecule has 0 atom stereocenters. The summed E-state index contributed by atoms with van der Waals surface area (Å²) in [7, 11) is 0. The number of carbonyl (C=O) groups is 1. The number of hydrogen-bond acceptors (Lipinski definition) is 7. The summed E-state index contributed by atoms with van der Waals surface area (Å²) in [5.41, 5.74) is 10.8. The largest absolute Gasteiger partial charge is 0.382 e. The van der Waals surface area contributed by atoms with Crippen LogP contribution >= 0.6 is 11.6 Å². The van der Waals surface area contributed by atoms with E-state index < -0.39 is 0 Å². The van der Waals surface area contributed by atoms with E-state index in [1.54, 1.807) is 20.2 Å². The van der Waals surface area contributed by atoms with Crippen LogP contribution in [0.4, 0.5) is 5.82 Å². The number of fused-ring (bicyclic) bond motifs is 2. The van der Waals surface area contributed by atoms with E-state index in [4.69, 9.17) is 21.9 Å². The molecule has 0 saturated carbocycles. The molecule has 0 aliphatic carbocycles. The molecule has 5 aromatic rings. The van der Waals surface area contributed by atoms with Crippen molar-refractivity contribution in [2.24, 2.45) is 0 Å². The van der Waals surface area contributed by atoms with Crippen LogP contribution in [0.3, 0.4) is 0 Å². The molecule has 4 N–H and O–H groups in total. The lowest BCUT2D eigenvalue weighted by molar-refractivity contribution is 0.0948. The number of nitrogen functional groups attached to an aromatic ring is 1. The van der Waals surface area contributed by atoms with E-state index >= 15 is 0 Å². The Hall–Kier alpha value is -3.92. The number of halogens is 1. The quantitative estimate of drug-likeness (QED) is 0.373. The summed E-state index contributed by atoms with van der Waals surface area (Å²) in [5.74, 6) is 0.587. The highest BCUT2D eigenvalue weighted by Crippen LogP contribution is 2.27. The molecule has 1 amide bonds. The highest BCUT2D eigenvalue weighted by atomic mass is 35.5. The molecule has 4 heterocycles. The van der Waals surface area contributed by atoms with Gasteiger partial charge in [-0.15, -0.1) is 0 Å². The molecule has 0 spiro atoms. The smallest absolute Gasteiger partial charge is 0.257 e. The predicted octanol–water partition coefficient (Wildman–Crippen LogP) is 3.13. The Bertz CT molecular complexity index is 1460. The van der Waals surface area contributed by atoms with Gasteiger partial charge in [-0.05, 0) is 37.6 Å². The van der Waals surface area contributed by atoms with E-state index in [1.165, 1.54) is 6.33 Å². The van der Waals surface area contributed by atoms with E-state index in [-0.39, 0.29) is 5.91 Å². The third-order valence-electron chi connectivity index (χ3n) is 5.30. The number of H-pyrrole nitrogens is 1. The number of benzene rings is 1. The minimum atomic E-state index is -0.236. The molecule has 1 aromatic carbocycles. The van der Waals surface area contributed by atoms with Gasteiger partial charge in [0.05, 0.1) is 30.6 Å². The van der Waals surface area contributed by atoms with Crippen molar-refractivity contribution in [2.75, 3.05) is 5.73 Å². The normalized spacial score (nSPS) is 11.5. The van der Waals surface area contributed by atoms with Crippen molar-refractivity contribution < 1.29 is 9.32 Å². The van der Waals surface area contributed by atoms with Gasteiger partial charge in [0.2, 0.25) is 0 Å². The lowest BCUT2D eigenvalue weighted by Gasteiger charge is -2.07. The summed E-state index contributed by atoms with van der Waals surface area (Å²) in [6.45, 7) is 4.24. The maximum absolute atomic E-state index is 12.5. The van der Waals surface area contributed by atoms with E-state index in [1.807, 2.05) is 22.8 Å². The number of nitrogens with two attached hydrogens (primary N) is 1. The molecule has 0 saturated heterocycles. The second kappa shape index (κ2) is 7.65. The number of amides is 1. The van der Waals surface area contributed by atoms with Gasteiger partial charge < -0.3 is 25.1 Å². The molecule has 10 nitrogen and oxygen atoms in total. The van der Waals surface area contributed by atoms with E-state index in [0.717, 1.165) is 22.2 Å². The Morgan fingerprint density at radius 1 is 1.25 bits per heavy atom. The van der Waals surface area contributed by atoms with Crippen molar-refractivity contribution in [2.45, 2.75) is 26.9 Å². The van der Waals surface area contributed by atoms with E-state index in [2.05, 4.69) is 30.4 Å². The number of aryl methyl sites for hydroxylation is 2. The van der Waals surface area contributed by atoms with Crippen molar-refractivity contribution in [3.05, 3.63) is 64.2 Å². The van der Waals surface area contributed by atoms with Gasteiger partial charge in [-0.3, -0.25) is 4.79 Å². The fraction of sp³-hybridized carbons (Fsp3) is 0.190. The number of aromatic nitrogens is 6. The second-order valence-corrected chi connectivity index (χ2v) is 7.95. The minimum Gasteiger partial charge on any atom is -0.382 e. The number of anilines is 1. The Labute approximate surface area is 186 Å². The first-order valence-electron chi connectivity index (χ1n) is 9.83. The molecule has 0 aliphatic heterocycles. The molecular weight excluding hydrogens is 432 g/mol. The van der Waals surface area contributed by atoms with Crippen LogP contribution < -0.4 is 11.1 Å². The number of hydrogen-bond donors (Lipinski definition) is 3. The van der Waals surface area contributed by atoms with Crippen molar-refractivity contribution in [3.8, 4) is 0 Å². The molecule has 0 radical (unpaired) electrons. The number of nitrogens with zero attached hydrogens (tertiary/aromatic N) is 5. The summed E-state index contributed by atoms with van der Waals surface area (Å²) in [5, 5.41) is 8.28. The lowest BCUT2D eigenvalue weighted by atomic mass is 10.1. The Kier molecular flexibility index (Phi) is 4.78. The monoisotopic (exact) mass is 450 g/mol. The van der Waals surface area contributed by atoms with Gasteiger partial charge in [-0.2, -0.15) is 0 Å². The molecule has 0 fully saturated rings. The third-order valence-corrected chi connectivity index (χ3v) is 5.52. The van der Waals surface area contributed by atoms with Gasteiger partial charge in [0.15, 0.2) is 11.5 Å². The summed E-state index contributed by atoms with van der Waals surface area (Å²) in [6.07, 6.45) is 3.09. The van der Waals surface area contributed by atoms with Crippen LogP contribution in [0.1, 0.15) is 33.1 Å². The van der Waals surface area contributed by atoms with Crippen molar-refractivity contribution in [1.29, 1.82) is 0 Å². The average Bonchev–Trinajstić information content (AvgIpc) is 3.44. The molecular formula is C21H19ClN8O2. The molecule has 0 bridgehead atoms. The fourth-order valence-electron chi connectivity index (χ4n) is 3.83. The van der Waals surface area contributed by atoms with Crippen molar-refractivity contribution in [1.82, 2.24) is 35.0 Å². The SMILES string of the molecule is Cc1noc(C)c1C(=O)NCc1cc2cc(Cl)cc(Cn3cnc4c(N)ncnc43)c2[nH]1. The molecule has 0 unspecified atom stereocenters. The first-order chi connectivity index (χ1) is 15.4. The van der Waals surface area contributed by atoms with Crippen molar-refractivity contribution >= 4 is 45.4 Å². The molecule has 4 aromatic heterocycles. The highest BCUT2D eigenvalue weighted by molar-refractivity contribution is 6.31. The fourth-order valence-corrected chi connectivity index (χ4v) is 4.08. The van der Waals surface area contributed by atoms with Gasteiger partial charge in [0.1, 0.15) is 23.2 Å². The van der Waals surface area contributed by atoms with Crippen LogP contribution in [-0.2, 0) is 13.1 Å². The first kappa shape index (κ1) is 20.0. The molecule has 162 valence electrons. The second-order valence-electron chi connectivity index (χ2n) is 7.51. The Morgan fingerprint density at radius 2 is 2.09 bits per heavy atom. The predicted molar refractivity (Wildman–Crippen MR) is 119 cm³/mol. The number of carbonyl (C=O) groups excluding carboxylic acids is 1. The van der Waals surface area contributed by atoms with Crippen LogP contribution in [0.5, 0.6) is 0 Å². The Balaban J connectivity index is 1.43. The Morgan fingerprint density at radius 3 is 2.88 bits per heavy atom. The van der Waals surface area contributed by atoms with Crippen LogP contribution in [0.25, 0.3) is 22.1 Å². The van der Waals surface area contributed by atoms with Crippen LogP contribution in [0.2, 0.25) is 5.02 Å². The maximum Gasteiger partial charge on any atom is 0.257 e. The summed E-state index contributed by atoms with van der Waals surface area (Å²) >= 11 is 6.38. The number of nitrogens with one attached hydrogen (secondary N) is 2. The maximum atomic E-state index is 12.5. The number of rotatable bonds is 5. The van der Waals surface area contributed by atoms with Gasteiger partial charge in [0, 0.05) is 16.1 Å². The van der Waals surface area contributed by atoms with Crippen LogP contribution in [0, 0.1) is 13.8 Å². The number of aromatic amines is 1. The molecule has 11 heteroatoms. The first-order valence-corrected chi connectivity index (χ1v) is 10.2. The summed E-state index contributed by atoms with van der Waals surface area (Å²) in [6, 6.07) is 5.73. The van der Waals surface area contributed by atoms with E-state index in [9.17, 15) is 4.79 Å². The third kappa shape index (κ3) is 3.44. The lowest BCUT2D eigenvalue weighted by Crippen LogP contribution is -2.23. The number of imidazole rings is 1. The van der Waals surface area contributed by atoms with Crippen molar-refractivity contribution in [3.63, 3.8) is 0 Å².